The maximum atomic E-state index is 13.0. The molecule has 9 nitrogen and oxygen atoms in total. The summed E-state index contributed by atoms with van der Waals surface area (Å²) in [6.45, 7) is 3.05. The molecule has 5 rings (SSSR count). The zero-order valence-electron chi connectivity index (χ0n) is 15.4. The van der Waals surface area contributed by atoms with E-state index in [9.17, 15) is 4.79 Å². The summed E-state index contributed by atoms with van der Waals surface area (Å²) < 4.78 is 6.80. The van der Waals surface area contributed by atoms with E-state index in [1.807, 2.05) is 41.4 Å². The average molecular weight is 377 g/mol. The van der Waals surface area contributed by atoms with Crippen molar-refractivity contribution in [3.8, 4) is 11.5 Å². The molecular weight excluding hydrogens is 358 g/mol. The summed E-state index contributed by atoms with van der Waals surface area (Å²) in [6, 6.07) is 9.87. The topological polar surface area (TPSA) is 106 Å². The number of carbonyl (C=O) groups excluding carboxylic acids is 1. The number of likely N-dealkylation sites (tertiary alicyclic amines) is 1. The lowest BCUT2D eigenvalue weighted by Gasteiger charge is -2.32. The minimum Gasteiger partial charge on any atom is -0.351 e. The van der Waals surface area contributed by atoms with Gasteiger partial charge in [0.15, 0.2) is 5.69 Å². The molecule has 1 aliphatic heterocycles. The Balaban J connectivity index is 1.34. The first-order chi connectivity index (χ1) is 13.7. The maximum Gasteiger partial charge on any atom is 0.270 e. The second-order valence-electron chi connectivity index (χ2n) is 7.04. The van der Waals surface area contributed by atoms with E-state index >= 15 is 0 Å². The number of fused-ring (bicyclic) bond motifs is 1. The smallest absolute Gasteiger partial charge is 0.270 e. The summed E-state index contributed by atoms with van der Waals surface area (Å²) >= 11 is 0. The Bertz CT molecular complexity index is 1110. The van der Waals surface area contributed by atoms with Crippen LogP contribution in [0.25, 0.3) is 22.4 Å². The Morgan fingerprint density at radius 3 is 3.04 bits per heavy atom. The molecule has 1 amide bonds. The lowest BCUT2D eigenvalue weighted by molar-refractivity contribution is 0.0667. The summed E-state index contributed by atoms with van der Waals surface area (Å²) in [4.78, 5) is 22.3. The van der Waals surface area contributed by atoms with Gasteiger partial charge in [-0.2, -0.15) is 4.98 Å². The number of nitrogens with zero attached hydrogens (tertiary/aromatic N) is 6. The molecule has 142 valence electrons. The molecular formula is C19H19N7O2. The number of aromatic nitrogens is 6. The fourth-order valence-electron chi connectivity index (χ4n) is 3.67. The molecule has 1 fully saturated rings. The van der Waals surface area contributed by atoms with E-state index < -0.39 is 0 Å². The summed E-state index contributed by atoms with van der Waals surface area (Å²) in [5.74, 6) is 0.915. The molecule has 0 unspecified atom stereocenters. The lowest BCUT2D eigenvalue weighted by atomic mass is 10.1. The minimum absolute atomic E-state index is 0.00929. The van der Waals surface area contributed by atoms with E-state index in [-0.39, 0.29) is 11.9 Å². The Morgan fingerprint density at radius 2 is 2.21 bits per heavy atom. The van der Waals surface area contributed by atoms with E-state index in [0.29, 0.717) is 29.6 Å². The van der Waals surface area contributed by atoms with Gasteiger partial charge in [-0.3, -0.25) is 4.79 Å². The van der Waals surface area contributed by atoms with Crippen LogP contribution in [0.5, 0.6) is 0 Å². The van der Waals surface area contributed by atoms with Crippen molar-refractivity contribution in [1.82, 2.24) is 35.0 Å². The molecule has 0 spiro atoms. The number of H-pyrrole nitrogens is 1. The van der Waals surface area contributed by atoms with Gasteiger partial charge in [-0.1, -0.05) is 28.6 Å². The van der Waals surface area contributed by atoms with Crippen LogP contribution >= 0.6 is 0 Å². The predicted octanol–water partition coefficient (Wildman–Crippen LogP) is 2.60. The summed E-state index contributed by atoms with van der Waals surface area (Å²) in [7, 11) is 0. The monoisotopic (exact) mass is 377 g/mol. The fraction of sp³-hybridized carbons (Fsp3) is 0.316. The van der Waals surface area contributed by atoms with Crippen molar-refractivity contribution in [3.63, 3.8) is 0 Å². The normalized spacial score (nSPS) is 17.3. The molecule has 1 aromatic carbocycles. The molecule has 1 N–H and O–H groups in total. The molecule has 28 heavy (non-hydrogen) atoms. The number of hydrogen-bond donors (Lipinski definition) is 1. The Morgan fingerprint density at radius 1 is 1.32 bits per heavy atom. The van der Waals surface area contributed by atoms with Crippen LogP contribution in [0.4, 0.5) is 0 Å². The number of carbonyl (C=O) groups is 1. The third-order valence-electron chi connectivity index (χ3n) is 5.09. The molecule has 1 atom stereocenters. The number of amides is 1. The molecule has 4 aromatic rings. The highest BCUT2D eigenvalue weighted by Crippen LogP contribution is 2.24. The van der Waals surface area contributed by atoms with Gasteiger partial charge in [0.1, 0.15) is 5.69 Å². The number of para-hydroxylation sites is 1. The number of piperidine rings is 1. The van der Waals surface area contributed by atoms with E-state index in [1.165, 1.54) is 0 Å². The van der Waals surface area contributed by atoms with E-state index in [0.717, 1.165) is 30.3 Å². The molecule has 0 bridgehead atoms. The second kappa shape index (κ2) is 6.59. The van der Waals surface area contributed by atoms with Gasteiger partial charge < -0.3 is 14.4 Å². The van der Waals surface area contributed by atoms with Gasteiger partial charge in [0.05, 0.1) is 12.2 Å². The number of aryl methyl sites for hydroxylation is 1. The van der Waals surface area contributed by atoms with E-state index in [4.69, 9.17) is 4.52 Å². The van der Waals surface area contributed by atoms with Crippen LogP contribution in [-0.4, -0.2) is 54.0 Å². The maximum absolute atomic E-state index is 13.0. The van der Waals surface area contributed by atoms with Crippen LogP contribution in [0.15, 0.2) is 41.1 Å². The van der Waals surface area contributed by atoms with Gasteiger partial charge in [-0.25, -0.2) is 4.68 Å². The third-order valence-corrected chi connectivity index (χ3v) is 5.09. The third kappa shape index (κ3) is 2.94. The Hall–Kier alpha value is -3.49. The standard InChI is InChI=1S/C19H19N7O2/c1-12-20-18(23-28-12)17-11-26(24-22-17)14-6-4-8-25(10-14)19(27)16-9-13-5-2-3-7-15(13)21-16/h2-3,5,7,9,11,14,21H,4,6,8,10H2,1H3/t14-/m1/s1. The zero-order valence-corrected chi connectivity index (χ0v) is 15.4. The van der Waals surface area contributed by atoms with Gasteiger partial charge in [0.2, 0.25) is 11.7 Å². The number of rotatable bonds is 3. The predicted molar refractivity (Wildman–Crippen MR) is 101 cm³/mol. The Kier molecular flexibility index (Phi) is 3.92. The van der Waals surface area contributed by atoms with Gasteiger partial charge in [-0.15, -0.1) is 5.10 Å². The fourth-order valence-corrected chi connectivity index (χ4v) is 3.67. The summed E-state index contributed by atoms with van der Waals surface area (Å²) in [5.41, 5.74) is 2.15. The summed E-state index contributed by atoms with van der Waals surface area (Å²) in [6.07, 6.45) is 3.66. The number of aromatic amines is 1. The zero-order chi connectivity index (χ0) is 19.1. The number of hydrogen-bond acceptors (Lipinski definition) is 6. The first kappa shape index (κ1) is 16.7. The molecule has 4 heterocycles. The highest BCUT2D eigenvalue weighted by Gasteiger charge is 2.27. The molecule has 3 aromatic heterocycles. The molecule has 1 saturated heterocycles. The van der Waals surface area contributed by atoms with Crippen LogP contribution in [0.2, 0.25) is 0 Å². The van der Waals surface area contributed by atoms with Crippen molar-refractivity contribution in [2.45, 2.75) is 25.8 Å². The van der Waals surface area contributed by atoms with Gasteiger partial charge >= 0.3 is 0 Å². The molecule has 9 heteroatoms. The van der Waals surface area contributed by atoms with Crippen LogP contribution in [-0.2, 0) is 0 Å². The minimum atomic E-state index is 0.00929. The lowest BCUT2D eigenvalue weighted by Crippen LogP contribution is -2.41. The van der Waals surface area contributed by atoms with Crippen molar-refractivity contribution in [3.05, 3.63) is 48.1 Å². The van der Waals surface area contributed by atoms with Gasteiger partial charge in [-0.05, 0) is 25.0 Å². The average Bonchev–Trinajstić information content (AvgIpc) is 3.46. The van der Waals surface area contributed by atoms with Crippen molar-refractivity contribution in [2.24, 2.45) is 0 Å². The van der Waals surface area contributed by atoms with Crippen LogP contribution in [0, 0.1) is 6.92 Å². The molecule has 0 saturated carbocycles. The van der Waals surface area contributed by atoms with Gasteiger partial charge in [0, 0.05) is 30.9 Å². The highest BCUT2D eigenvalue weighted by atomic mass is 16.5. The van der Waals surface area contributed by atoms with Crippen LogP contribution in [0.1, 0.15) is 35.3 Å². The van der Waals surface area contributed by atoms with E-state index in [2.05, 4.69) is 25.4 Å². The molecule has 0 radical (unpaired) electrons. The van der Waals surface area contributed by atoms with Crippen molar-refractivity contribution < 1.29 is 9.32 Å². The largest absolute Gasteiger partial charge is 0.351 e. The SMILES string of the molecule is Cc1nc(-c2cn([C@@H]3CCCN(C(=O)c4cc5ccccc5[nH]4)C3)nn2)no1. The molecule has 0 aliphatic carbocycles. The Labute approximate surface area is 160 Å². The first-order valence-electron chi connectivity index (χ1n) is 9.27. The van der Waals surface area contributed by atoms with Crippen LogP contribution in [0.3, 0.4) is 0 Å². The number of nitrogens with one attached hydrogen (secondary N) is 1. The van der Waals surface area contributed by atoms with Gasteiger partial charge in [0.25, 0.3) is 5.91 Å². The first-order valence-corrected chi connectivity index (χ1v) is 9.27. The van der Waals surface area contributed by atoms with Crippen LogP contribution < -0.4 is 0 Å². The summed E-state index contributed by atoms with van der Waals surface area (Å²) in [5, 5.41) is 13.3. The van der Waals surface area contributed by atoms with E-state index in [1.54, 1.807) is 11.6 Å². The quantitative estimate of drug-likeness (QED) is 0.588. The number of benzene rings is 1. The van der Waals surface area contributed by atoms with Crippen molar-refractivity contribution in [2.75, 3.05) is 13.1 Å². The second-order valence-corrected chi connectivity index (χ2v) is 7.04. The van der Waals surface area contributed by atoms with Crippen molar-refractivity contribution in [1.29, 1.82) is 0 Å². The molecule has 1 aliphatic rings. The highest BCUT2D eigenvalue weighted by molar-refractivity contribution is 5.98. The van der Waals surface area contributed by atoms with Crippen molar-refractivity contribution >= 4 is 16.8 Å².